The molecule has 3 amide bonds. The highest BCUT2D eigenvalue weighted by molar-refractivity contribution is 9.10. The monoisotopic (exact) mass is 525 g/mol. The molecule has 0 saturated carbocycles. The zero-order chi connectivity index (χ0) is 23.6. The van der Waals surface area contributed by atoms with Crippen molar-refractivity contribution < 1.29 is 24.2 Å². The number of halogens is 1. The van der Waals surface area contributed by atoms with E-state index in [9.17, 15) is 19.5 Å². The van der Waals surface area contributed by atoms with E-state index in [1.165, 1.54) is 4.90 Å². The number of ether oxygens (including phenoxy) is 1. The SMILES string of the molecule is O=C1[C@H]2[C@H](Cc3ccc(O)cc3)N[C@@]3(C(=O)Nc4ccc(Br)cc43)[C@H]2C(=O)N1C[C@H]1CCCO1. The van der Waals surface area contributed by atoms with E-state index in [1.807, 2.05) is 12.1 Å². The first kappa shape index (κ1) is 21.8. The van der Waals surface area contributed by atoms with Gasteiger partial charge in [-0.15, -0.1) is 0 Å². The number of fused-ring (bicyclic) bond motifs is 4. The molecule has 4 aliphatic heterocycles. The Bertz CT molecular complexity index is 1200. The molecule has 0 aliphatic carbocycles. The molecule has 0 radical (unpaired) electrons. The number of nitrogens with zero attached hydrogens (tertiary/aromatic N) is 1. The second kappa shape index (κ2) is 7.90. The molecule has 8 nitrogen and oxygen atoms in total. The third-order valence-corrected chi connectivity index (χ3v) is 8.06. The zero-order valence-electron chi connectivity index (χ0n) is 18.3. The molecule has 1 spiro atoms. The summed E-state index contributed by atoms with van der Waals surface area (Å²) < 4.78 is 6.49. The summed E-state index contributed by atoms with van der Waals surface area (Å²) in [7, 11) is 0. The molecule has 6 rings (SSSR count). The number of nitrogens with one attached hydrogen (secondary N) is 2. The summed E-state index contributed by atoms with van der Waals surface area (Å²) in [6.07, 6.45) is 1.99. The largest absolute Gasteiger partial charge is 0.508 e. The van der Waals surface area contributed by atoms with Gasteiger partial charge in [0.25, 0.3) is 0 Å². The highest BCUT2D eigenvalue weighted by atomic mass is 79.9. The minimum atomic E-state index is -1.33. The first-order valence-corrected chi connectivity index (χ1v) is 12.3. The summed E-state index contributed by atoms with van der Waals surface area (Å²) in [6, 6.07) is 11.8. The van der Waals surface area contributed by atoms with Crippen LogP contribution in [0.25, 0.3) is 0 Å². The molecular formula is C25H24BrN3O5. The Balaban J connectivity index is 1.43. The first-order valence-electron chi connectivity index (χ1n) is 11.5. The van der Waals surface area contributed by atoms with Crippen molar-refractivity contribution in [1.82, 2.24) is 10.2 Å². The van der Waals surface area contributed by atoms with E-state index in [1.54, 1.807) is 30.3 Å². The number of phenolic OH excluding ortho intramolecular Hbond substituents is 1. The number of phenols is 1. The van der Waals surface area contributed by atoms with Crippen LogP contribution in [-0.4, -0.2) is 53.0 Å². The molecule has 5 atom stereocenters. The fraction of sp³-hybridized carbons (Fsp3) is 0.400. The normalized spacial score (nSPS) is 31.9. The maximum atomic E-state index is 13.8. The Kier molecular flexibility index (Phi) is 5.05. The van der Waals surface area contributed by atoms with Gasteiger partial charge in [0, 0.05) is 28.4 Å². The third kappa shape index (κ3) is 3.14. The molecule has 4 aliphatic rings. The molecule has 3 saturated heterocycles. The summed E-state index contributed by atoms with van der Waals surface area (Å²) in [5.41, 5.74) is 0.887. The first-order chi connectivity index (χ1) is 16.4. The number of carbonyl (C=O) groups excluding carboxylic acids is 3. The molecule has 3 fully saturated rings. The van der Waals surface area contributed by atoms with E-state index in [2.05, 4.69) is 26.6 Å². The maximum Gasteiger partial charge on any atom is 0.250 e. The fourth-order valence-corrected chi connectivity index (χ4v) is 6.43. The van der Waals surface area contributed by atoms with Gasteiger partial charge in [-0.25, -0.2) is 0 Å². The van der Waals surface area contributed by atoms with Crippen LogP contribution in [0.3, 0.4) is 0 Å². The molecule has 34 heavy (non-hydrogen) atoms. The average Bonchev–Trinajstić information content (AvgIpc) is 3.56. The van der Waals surface area contributed by atoms with Gasteiger partial charge in [-0.05, 0) is 55.2 Å². The van der Waals surface area contributed by atoms with Gasteiger partial charge in [0.2, 0.25) is 17.7 Å². The topological polar surface area (TPSA) is 108 Å². The second-order valence-electron chi connectivity index (χ2n) is 9.50. The Hall–Kier alpha value is -2.75. The van der Waals surface area contributed by atoms with E-state index < -0.39 is 23.4 Å². The lowest BCUT2D eigenvalue weighted by Gasteiger charge is -2.30. The summed E-state index contributed by atoms with van der Waals surface area (Å²) >= 11 is 3.49. The summed E-state index contributed by atoms with van der Waals surface area (Å²) in [4.78, 5) is 42.4. The van der Waals surface area contributed by atoms with Gasteiger partial charge in [-0.1, -0.05) is 28.1 Å². The van der Waals surface area contributed by atoms with E-state index >= 15 is 0 Å². The summed E-state index contributed by atoms with van der Waals surface area (Å²) in [5, 5.41) is 16.0. The standard InChI is InChI=1S/C25H24BrN3O5/c26-14-5-8-18-17(11-14)25(24(33)27-18)21-20(19(28-25)10-13-3-6-15(30)7-4-13)22(31)29(23(21)32)12-16-2-1-9-34-16/h3-8,11,16,19-21,28,30H,1-2,9-10,12H2,(H,27,33)/t16-,19+,20+,21-,25-/m1/s1. The number of amides is 3. The lowest BCUT2D eigenvalue weighted by atomic mass is 9.76. The van der Waals surface area contributed by atoms with Crippen molar-refractivity contribution in [2.75, 3.05) is 18.5 Å². The van der Waals surface area contributed by atoms with E-state index in [0.29, 0.717) is 24.3 Å². The Morgan fingerprint density at radius 3 is 2.65 bits per heavy atom. The van der Waals surface area contributed by atoms with Gasteiger partial charge >= 0.3 is 0 Å². The molecule has 0 aromatic heterocycles. The number of imide groups is 1. The molecule has 4 heterocycles. The van der Waals surface area contributed by atoms with Crippen molar-refractivity contribution in [3.05, 3.63) is 58.1 Å². The van der Waals surface area contributed by atoms with Crippen LogP contribution in [0.5, 0.6) is 5.75 Å². The van der Waals surface area contributed by atoms with Crippen molar-refractivity contribution in [2.24, 2.45) is 11.8 Å². The number of benzene rings is 2. The van der Waals surface area contributed by atoms with Gasteiger partial charge in [-0.3, -0.25) is 24.6 Å². The molecule has 9 heteroatoms. The number of likely N-dealkylation sites (tertiary alicyclic amines) is 1. The van der Waals surface area contributed by atoms with Crippen molar-refractivity contribution >= 4 is 39.3 Å². The maximum absolute atomic E-state index is 13.8. The zero-order valence-corrected chi connectivity index (χ0v) is 19.9. The number of carbonyl (C=O) groups is 3. The molecule has 2 aromatic carbocycles. The number of aromatic hydroxyl groups is 1. The van der Waals surface area contributed by atoms with Crippen LogP contribution in [0.4, 0.5) is 5.69 Å². The van der Waals surface area contributed by atoms with Gasteiger partial charge < -0.3 is 15.2 Å². The van der Waals surface area contributed by atoms with Crippen molar-refractivity contribution in [1.29, 1.82) is 0 Å². The Morgan fingerprint density at radius 1 is 1.12 bits per heavy atom. The van der Waals surface area contributed by atoms with E-state index in [0.717, 1.165) is 22.9 Å². The Morgan fingerprint density at radius 2 is 1.91 bits per heavy atom. The predicted molar refractivity (Wildman–Crippen MR) is 126 cm³/mol. The quantitative estimate of drug-likeness (QED) is 0.528. The van der Waals surface area contributed by atoms with Crippen LogP contribution in [-0.2, 0) is 31.1 Å². The number of hydrogen-bond acceptors (Lipinski definition) is 6. The molecular weight excluding hydrogens is 502 g/mol. The smallest absolute Gasteiger partial charge is 0.250 e. The molecule has 3 N–H and O–H groups in total. The van der Waals surface area contributed by atoms with Crippen LogP contribution in [0.1, 0.15) is 24.0 Å². The molecule has 0 unspecified atom stereocenters. The van der Waals surface area contributed by atoms with E-state index in [-0.39, 0.29) is 36.1 Å². The van der Waals surface area contributed by atoms with Gasteiger partial charge in [0.15, 0.2) is 0 Å². The third-order valence-electron chi connectivity index (χ3n) is 7.57. The van der Waals surface area contributed by atoms with Crippen molar-refractivity contribution in [3.8, 4) is 5.75 Å². The minimum absolute atomic E-state index is 0.154. The van der Waals surface area contributed by atoms with Crippen LogP contribution < -0.4 is 10.6 Å². The molecule has 176 valence electrons. The van der Waals surface area contributed by atoms with Crippen molar-refractivity contribution in [3.63, 3.8) is 0 Å². The van der Waals surface area contributed by atoms with Gasteiger partial charge in [0.05, 0.1) is 24.5 Å². The van der Waals surface area contributed by atoms with Crippen LogP contribution in [0, 0.1) is 11.8 Å². The van der Waals surface area contributed by atoms with Crippen LogP contribution in [0.15, 0.2) is 46.9 Å². The average molecular weight is 526 g/mol. The highest BCUT2D eigenvalue weighted by Crippen LogP contribution is 2.53. The molecule has 2 aromatic rings. The van der Waals surface area contributed by atoms with E-state index in [4.69, 9.17) is 4.74 Å². The molecule has 0 bridgehead atoms. The van der Waals surface area contributed by atoms with Crippen LogP contribution in [0.2, 0.25) is 0 Å². The van der Waals surface area contributed by atoms with Gasteiger partial charge in [-0.2, -0.15) is 0 Å². The highest BCUT2D eigenvalue weighted by Gasteiger charge is 2.70. The Labute approximate surface area is 204 Å². The number of hydrogen-bond donors (Lipinski definition) is 3. The fourth-order valence-electron chi connectivity index (χ4n) is 6.07. The number of rotatable bonds is 4. The summed E-state index contributed by atoms with van der Waals surface area (Å²) in [5.74, 6) is -2.27. The van der Waals surface area contributed by atoms with Crippen LogP contribution >= 0.6 is 15.9 Å². The van der Waals surface area contributed by atoms with Crippen molar-refractivity contribution in [2.45, 2.75) is 36.9 Å². The van der Waals surface area contributed by atoms with Gasteiger partial charge in [0.1, 0.15) is 11.3 Å². The number of anilines is 1. The summed E-state index contributed by atoms with van der Waals surface area (Å²) in [6.45, 7) is 0.853. The predicted octanol–water partition coefficient (Wildman–Crippen LogP) is 2.30. The lowest BCUT2D eigenvalue weighted by Crippen LogP contribution is -2.54. The second-order valence-corrected chi connectivity index (χ2v) is 10.4. The lowest BCUT2D eigenvalue weighted by molar-refractivity contribution is -0.144. The minimum Gasteiger partial charge on any atom is -0.508 e.